The normalized spacial score (nSPS) is 25.0. The molecule has 0 spiro atoms. The van der Waals surface area contributed by atoms with Crippen LogP contribution in [0.5, 0.6) is 0 Å². The summed E-state index contributed by atoms with van der Waals surface area (Å²) in [5.41, 5.74) is 3.17. The van der Waals surface area contributed by atoms with E-state index in [-0.39, 0.29) is 11.8 Å². The smallest absolute Gasteiger partial charge is 0.276 e. The summed E-state index contributed by atoms with van der Waals surface area (Å²) in [6, 6.07) is 5.78. The summed E-state index contributed by atoms with van der Waals surface area (Å²) in [7, 11) is 0. The Bertz CT molecular complexity index is 916. The highest BCUT2D eigenvalue weighted by molar-refractivity contribution is 7.16. The Labute approximate surface area is 141 Å². The number of rotatable bonds is 2. The van der Waals surface area contributed by atoms with Crippen molar-refractivity contribution in [3.63, 3.8) is 0 Å². The van der Waals surface area contributed by atoms with Gasteiger partial charge in [0.05, 0.1) is 15.7 Å². The second kappa shape index (κ2) is 5.41. The molecule has 0 aliphatic carbocycles. The van der Waals surface area contributed by atoms with Crippen LogP contribution in [0.3, 0.4) is 0 Å². The Balaban J connectivity index is 1.59. The molecule has 24 heavy (non-hydrogen) atoms. The van der Waals surface area contributed by atoms with Gasteiger partial charge < -0.3 is 10.6 Å². The zero-order valence-electron chi connectivity index (χ0n) is 12.9. The summed E-state index contributed by atoms with van der Waals surface area (Å²) in [5, 5.41) is 8.48. The lowest BCUT2D eigenvalue weighted by molar-refractivity contribution is -0.123. The van der Waals surface area contributed by atoms with E-state index in [1.165, 1.54) is 0 Å². The molecule has 2 aliphatic rings. The number of carbonyl (C=O) groups excluding carboxylic acids is 2. The number of nitrogens with zero attached hydrogens (tertiary/aromatic N) is 2. The van der Waals surface area contributed by atoms with Crippen molar-refractivity contribution >= 4 is 45.4 Å². The largest absolute Gasteiger partial charge is 0.354 e. The lowest BCUT2D eigenvalue weighted by atomic mass is 10.0. The highest BCUT2D eigenvalue weighted by atomic mass is 32.1. The Morgan fingerprint density at radius 3 is 3.04 bits per heavy atom. The highest BCUT2D eigenvalue weighted by Crippen LogP contribution is 2.22. The predicted octanol–water partition coefficient (Wildman–Crippen LogP) is 0.991. The number of aliphatic imine (C=N–C) groups is 1. The lowest BCUT2D eigenvalue weighted by Gasteiger charge is -2.22. The van der Waals surface area contributed by atoms with E-state index in [1.807, 2.05) is 18.2 Å². The molecule has 7 nitrogen and oxygen atoms in total. The van der Waals surface area contributed by atoms with Crippen molar-refractivity contribution in [2.75, 3.05) is 6.54 Å². The van der Waals surface area contributed by atoms with Crippen LogP contribution in [0.25, 0.3) is 16.3 Å². The highest BCUT2D eigenvalue weighted by Gasteiger charge is 2.39. The van der Waals surface area contributed by atoms with Crippen LogP contribution in [0.2, 0.25) is 0 Å². The number of fused-ring (bicyclic) bond motifs is 1. The quantitative estimate of drug-likeness (QED) is 0.710. The maximum absolute atomic E-state index is 12.1. The first-order valence-corrected chi connectivity index (χ1v) is 8.43. The summed E-state index contributed by atoms with van der Waals surface area (Å²) in [6.07, 6.45) is 2.36. The Morgan fingerprint density at radius 1 is 1.38 bits per heavy atom. The first-order valence-electron chi connectivity index (χ1n) is 7.55. The summed E-state index contributed by atoms with van der Waals surface area (Å²) in [6.45, 7) is 2.41. The third-order valence-corrected chi connectivity index (χ3v) is 4.95. The van der Waals surface area contributed by atoms with Crippen molar-refractivity contribution in [3.8, 4) is 0 Å². The lowest BCUT2D eigenvalue weighted by Crippen LogP contribution is -2.54. The van der Waals surface area contributed by atoms with E-state index in [1.54, 1.807) is 29.8 Å². The minimum absolute atomic E-state index is 0.0903. The third-order valence-electron chi connectivity index (χ3n) is 4.16. The first-order chi connectivity index (χ1) is 11.5. The number of benzene rings is 1. The van der Waals surface area contributed by atoms with Crippen molar-refractivity contribution in [2.24, 2.45) is 4.99 Å². The Kier molecular flexibility index (Phi) is 3.34. The molecule has 3 N–H and O–H groups in total. The molecule has 0 bridgehead atoms. The van der Waals surface area contributed by atoms with Gasteiger partial charge in [-0.05, 0) is 37.1 Å². The molecule has 1 atom stereocenters. The van der Waals surface area contributed by atoms with Crippen LogP contribution in [0, 0.1) is 0 Å². The molecule has 2 amide bonds. The Morgan fingerprint density at radius 2 is 2.25 bits per heavy atom. The van der Waals surface area contributed by atoms with E-state index in [0.29, 0.717) is 24.6 Å². The fourth-order valence-corrected chi connectivity index (χ4v) is 3.49. The number of hydrogen-bond donors (Lipinski definition) is 3. The molecule has 2 aliphatic heterocycles. The standard InChI is InChI=1S/C16H15N5O2S/c1-16(4-5-17-14(16)23)21-15-19-11(13(22)20-15)6-9-2-3-10-12(7-9)24-8-18-10/h2-3,6-8H,4-5H2,1H3,(H,17,23)(H2,19,20,21,22)/b11-6-. The van der Waals surface area contributed by atoms with Crippen LogP contribution in [0.15, 0.2) is 34.4 Å². The molecule has 1 fully saturated rings. The number of nitrogens with one attached hydrogen (secondary N) is 3. The van der Waals surface area contributed by atoms with E-state index in [2.05, 4.69) is 25.9 Å². The Hall–Kier alpha value is -2.74. The van der Waals surface area contributed by atoms with Crippen molar-refractivity contribution in [1.82, 2.24) is 20.9 Å². The topological polar surface area (TPSA) is 95.5 Å². The van der Waals surface area contributed by atoms with Crippen LogP contribution in [-0.2, 0) is 9.59 Å². The van der Waals surface area contributed by atoms with Crippen molar-refractivity contribution in [1.29, 1.82) is 0 Å². The molecule has 0 saturated carbocycles. The monoisotopic (exact) mass is 341 g/mol. The van der Waals surface area contributed by atoms with Crippen LogP contribution in [0.4, 0.5) is 0 Å². The summed E-state index contributed by atoms with van der Waals surface area (Å²) < 4.78 is 1.06. The molecule has 1 aromatic carbocycles. The van der Waals surface area contributed by atoms with E-state index < -0.39 is 5.54 Å². The van der Waals surface area contributed by atoms with E-state index in [4.69, 9.17) is 0 Å². The average molecular weight is 341 g/mol. The van der Waals surface area contributed by atoms with Crippen molar-refractivity contribution in [2.45, 2.75) is 18.9 Å². The number of hydrogen-bond acceptors (Lipinski definition) is 6. The summed E-state index contributed by atoms with van der Waals surface area (Å²) in [5.74, 6) is -0.0684. The minimum atomic E-state index is -0.747. The summed E-state index contributed by atoms with van der Waals surface area (Å²) in [4.78, 5) is 32.5. The number of guanidine groups is 1. The molecule has 1 saturated heterocycles. The van der Waals surface area contributed by atoms with E-state index in [0.717, 1.165) is 15.8 Å². The number of aromatic nitrogens is 1. The molecule has 3 heterocycles. The molecular formula is C16H15N5O2S. The van der Waals surface area contributed by atoms with Gasteiger partial charge >= 0.3 is 0 Å². The van der Waals surface area contributed by atoms with E-state index in [9.17, 15) is 9.59 Å². The predicted molar refractivity (Wildman–Crippen MR) is 92.3 cm³/mol. The fourth-order valence-electron chi connectivity index (χ4n) is 2.76. The number of carbonyl (C=O) groups is 2. The minimum Gasteiger partial charge on any atom is -0.354 e. The van der Waals surface area contributed by atoms with Crippen LogP contribution < -0.4 is 16.0 Å². The zero-order valence-corrected chi connectivity index (χ0v) is 13.7. The van der Waals surface area contributed by atoms with Crippen LogP contribution in [-0.4, -0.2) is 34.8 Å². The number of amides is 2. The molecule has 4 rings (SSSR count). The van der Waals surface area contributed by atoms with Gasteiger partial charge in [-0.2, -0.15) is 0 Å². The summed E-state index contributed by atoms with van der Waals surface area (Å²) >= 11 is 1.55. The molecule has 1 aromatic heterocycles. The van der Waals surface area contributed by atoms with Crippen molar-refractivity contribution in [3.05, 3.63) is 35.0 Å². The van der Waals surface area contributed by atoms with Gasteiger partial charge in [0.15, 0.2) is 0 Å². The first kappa shape index (κ1) is 14.8. The van der Waals surface area contributed by atoms with Gasteiger partial charge in [0, 0.05) is 6.54 Å². The molecular weight excluding hydrogens is 326 g/mol. The second-order valence-electron chi connectivity index (χ2n) is 5.99. The maximum Gasteiger partial charge on any atom is 0.276 e. The molecule has 2 aromatic rings. The van der Waals surface area contributed by atoms with E-state index >= 15 is 0 Å². The van der Waals surface area contributed by atoms with Gasteiger partial charge in [-0.15, -0.1) is 11.3 Å². The van der Waals surface area contributed by atoms with Crippen LogP contribution in [0.1, 0.15) is 18.9 Å². The van der Waals surface area contributed by atoms with Crippen LogP contribution >= 0.6 is 11.3 Å². The van der Waals surface area contributed by atoms with Gasteiger partial charge in [0.25, 0.3) is 5.91 Å². The zero-order chi connectivity index (χ0) is 16.7. The SMILES string of the molecule is CC1(NC2=N/C(=C\c3ccc4ncsc4c3)C(=O)N2)CCNC1=O. The maximum atomic E-state index is 12.1. The molecule has 8 heteroatoms. The molecule has 122 valence electrons. The van der Waals surface area contributed by atoms with Gasteiger partial charge in [-0.3, -0.25) is 14.9 Å². The van der Waals surface area contributed by atoms with Crippen molar-refractivity contribution < 1.29 is 9.59 Å². The average Bonchev–Trinajstić information content (AvgIpc) is 3.21. The third kappa shape index (κ3) is 2.54. The molecule has 0 radical (unpaired) electrons. The second-order valence-corrected chi connectivity index (χ2v) is 6.87. The number of thiazole rings is 1. The van der Waals surface area contributed by atoms with Gasteiger partial charge in [-0.1, -0.05) is 6.07 Å². The molecule has 1 unspecified atom stereocenters. The van der Waals surface area contributed by atoms with Gasteiger partial charge in [0.1, 0.15) is 11.2 Å². The van der Waals surface area contributed by atoms with Gasteiger partial charge in [0.2, 0.25) is 11.9 Å². The van der Waals surface area contributed by atoms with Gasteiger partial charge in [-0.25, -0.2) is 9.98 Å². The fraction of sp³-hybridized carbons (Fsp3) is 0.250.